The Balaban J connectivity index is 1.96. The zero-order valence-electron chi connectivity index (χ0n) is 11.0. The minimum atomic E-state index is -0.511. The van der Waals surface area contributed by atoms with Crippen molar-refractivity contribution in [1.29, 1.82) is 0 Å². The zero-order chi connectivity index (χ0) is 13.6. The first-order valence-electron chi connectivity index (χ1n) is 6.38. The lowest BCUT2D eigenvalue weighted by Gasteiger charge is -2.18. The van der Waals surface area contributed by atoms with E-state index < -0.39 is 5.54 Å². The minimum absolute atomic E-state index is 0.460. The Labute approximate surface area is 120 Å². The van der Waals surface area contributed by atoms with Crippen molar-refractivity contribution >= 4 is 15.9 Å². The molecule has 3 rings (SSSR count). The molecule has 19 heavy (non-hydrogen) atoms. The molecule has 100 valence electrons. The maximum atomic E-state index is 6.29. The molecule has 0 aliphatic heterocycles. The van der Waals surface area contributed by atoms with Crippen molar-refractivity contribution in [2.75, 3.05) is 0 Å². The smallest absolute Gasteiger partial charge is 0.247 e. The summed E-state index contributed by atoms with van der Waals surface area (Å²) in [6.45, 7) is 4.01. The Kier molecular flexibility index (Phi) is 2.98. The zero-order valence-corrected chi connectivity index (χ0v) is 12.6. The van der Waals surface area contributed by atoms with Crippen molar-refractivity contribution in [3.63, 3.8) is 0 Å². The summed E-state index contributed by atoms with van der Waals surface area (Å²) in [5, 5.41) is 4.06. The molecule has 1 aromatic carbocycles. The van der Waals surface area contributed by atoms with Gasteiger partial charge < -0.3 is 10.3 Å². The van der Waals surface area contributed by atoms with Gasteiger partial charge in [0.2, 0.25) is 11.7 Å². The van der Waals surface area contributed by atoms with E-state index in [4.69, 9.17) is 10.3 Å². The van der Waals surface area contributed by atoms with Crippen LogP contribution >= 0.6 is 15.9 Å². The van der Waals surface area contributed by atoms with Gasteiger partial charge in [-0.15, -0.1) is 0 Å². The summed E-state index contributed by atoms with van der Waals surface area (Å²) >= 11 is 3.53. The third-order valence-corrected chi connectivity index (χ3v) is 4.33. The summed E-state index contributed by atoms with van der Waals surface area (Å²) in [5.74, 6) is 1.57. The number of nitrogens with zero attached hydrogens (tertiary/aromatic N) is 2. The summed E-state index contributed by atoms with van der Waals surface area (Å²) < 4.78 is 6.33. The largest absolute Gasteiger partial charge is 0.337 e. The van der Waals surface area contributed by atoms with E-state index in [2.05, 4.69) is 26.1 Å². The van der Waals surface area contributed by atoms with E-state index >= 15 is 0 Å². The van der Waals surface area contributed by atoms with Crippen molar-refractivity contribution in [2.24, 2.45) is 11.7 Å². The van der Waals surface area contributed by atoms with Gasteiger partial charge in [-0.2, -0.15) is 4.98 Å². The second-order valence-corrected chi connectivity index (χ2v) is 6.32. The lowest BCUT2D eigenvalue weighted by atomic mass is 9.97. The highest BCUT2D eigenvalue weighted by atomic mass is 79.9. The number of hydrogen-bond donors (Lipinski definition) is 1. The normalized spacial score (nSPS) is 18.3. The first-order valence-corrected chi connectivity index (χ1v) is 7.17. The average Bonchev–Trinajstić information content (AvgIpc) is 3.09. The molecule has 0 radical (unpaired) electrons. The number of aryl methyl sites for hydroxylation is 1. The Morgan fingerprint density at radius 3 is 2.79 bits per heavy atom. The van der Waals surface area contributed by atoms with Gasteiger partial charge in [0.25, 0.3) is 0 Å². The van der Waals surface area contributed by atoms with Gasteiger partial charge >= 0.3 is 0 Å². The van der Waals surface area contributed by atoms with E-state index in [9.17, 15) is 0 Å². The molecule has 1 aliphatic rings. The molecule has 0 bridgehead atoms. The lowest BCUT2D eigenvalue weighted by Crippen LogP contribution is -2.35. The van der Waals surface area contributed by atoms with Crippen molar-refractivity contribution in [3.8, 4) is 11.4 Å². The van der Waals surface area contributed by atoms with Crippen LogP contribution in [0.2, 0.25) is 0 Å². The molecule has 1 aliphatic carbocycles. The molecule has 1 unspecified atom stereocenters. The van der Waals surface area contributed by atoms with Gasteiger partial charge in [0, 0.05) is 10.0 Å². The number of nitrogens with two attached hydrogens (primary N) is 1. The first-order chi connectivity index (χ1) is 8.98. The number of benzene rings is 1. The molecule has 1 saturated carbocycles. The van der Waals surface area contributed by atoms with Crippen LogP contribution in [0.1, 0.15) is 31.2 Å². The topological polar surface area (TPSA) is 64.9 Å². The molecule has 4 nitrogen and oxygen atoms in total. The predicted octanol–water partition coefficient (Wildman–Crippen LogP) is 3.39. The van der Waals surface area contributed by atoms with Crippen LogP contribution in [0.4, 0.5) is 0 Å². The van der Waals surface area contributed by atoms with E-state index in [-0.39, 0.29) is 0 Å². The SMILES string of the molecule is Cc1ccc(-c2noc(C(C)(N)C3CC3)n2)c(Br)c1. The van der Waals surface area contributed by atoms with Crippen molar-refractivity contribution in [2.45, 2.75) is 32.2 Å². The van der Waals surface area contributed by atoms with Crippen LogP contribution in [0.3, 0.4) is 0 Å². The van der Waals surface area contributed by atoms with Gasteiger partial charge in [-0.3, -0.25) is 0 Å². The number of hydrogen-bond acceptors (Lipinski definition) is 4. The van der Waals surface area contributed by atoms with Gasteiger partial charge in [-0.1, -0.05) is 27.2 Å². The minimum Gasteiger partial charge on any atom is -0.337 e. The number of aromatic nitrogens is 2. The Morgan fingerprint density at radius 2 is 2.16 bits per heavy atom. The summed E-state index contributed by atoms with van der Waals surface area (Å²) in [6.07, 6.45) is 2.28. The molecule has 1 fully saturated rings. The fourth-order valence-corrected chi connectivity index (χ4v) is 2.88. The Morgan fingerprint density at radius 1 is 1.42 bits per heavy atom. The molecular weight excluding hydrogens is 306 g/mol. The molecule has 1 atom stereocenters. The fourth-order valence-electron chi connectivity index (χ4n) is 2.21. The van der Waals surface area contributed by atoms with Crippen LogP contribution in [-0.4, -0.2) is 10.1 Å². The molecule has 1 aromatic heterocycles. The van der Waals surface area contributed by atoms with Crippen LogP contribution in [-0.2, 0) is 5.54 Å². The summed E-state index contributed by atoms with van der Waals surface area (Å²) in [4.78, 5) is 4.47. The second kappa shape index (κ2) is 4.42. The van der Waals surface area contributed by atoms with E-state index in [1.54, 1.807) is 0 Å². The van der Waals surface area contributed by atoms with Crippen LogP contribution in [0.5, 0.6) is 0 Å². The van der Waals surface area contributed by atoms with E-state index in [0.29, 0.717) is 17.6 Å². The predicted molar refractivity (Wildman–Crippen MR) is 76.4 cm³/mol. The van der Waals surface area contributed by atoms with Gasteiger partial charge in [0.1, 0.15) is 0 Å². The van der Waals surface area contributed by atoms with Crippen LogP contribution < -0.4 is 5.73 Å². The highest BCUT2D eigenvalue weighted by Gasteiger charge is 2.43. The van der Waals surface area contributed by atoms with Crippen LogP contribution in [0, 0.1) is 12.8 Å². The molecule has 1 heterocycles. The molecule has 2 aromatic rings. The van der Waals surface area contributed by atoms with Gasteiger partial charge in [0.05, 0.1) is 5.54 Å². The van der Waals surface area contributed by atoms with Crippen LogP contribution in [0.15, 0.2) is 27.2 Å². The summed E-state index contributed by atoms with van der Waals surface area (Å²) in [7, 11) is 0. The highest BCUT2D eigenvalue weighted by molar-refractivity contribution is 9.10. The first kappa shape index (κ1) is 12.8. The van der Waals surface area contributed by atoms with Gasteiger partial charge in [-0.25, -0.2) is 0 Å². The number of rotatable bonds is 3. The van der Waals surface area contributed by atoms with Crippen molar-refractivity contribution < 1.29 is 4.52 Å². The van der Waals surface area contributed by atoms with Gasteiger partial charge in [-0.05, 0) is 50.3 Å². The van der Waals surface area contributed by atoms with Crippen molar-refractivity contribution in [3.05, 3.63) is 34.1 Å². The van der Waals surface area contributed by atoms with Crippen molar-refractivity contribution in [1.82, 2.24) is 10.1 Å². The fraction of sp³-hybridized carbons (Fsp3) is 0.429. The van der Waals surface area contributed by atoms with Gasteiger partial charge in [0.15, 0.2) is 0 Å². The Hall–Kier alpha value is -1.20. The maximum Gasteiger partial charge on any atom is 0.247 e. The second-order valence-electron chi connectivity index (χ2n) is 5.46. The number of halogens is 1. The van der Waals surface area contributed by atoms with Crippen LogP contribution in [0.25, 0.3) is 11.4 Å². The van der Waals surface area contributed by atoms with E-state index in [1.165, 1.54) is 5.56 Å². The third kappa shape index (κ3) is 2.32. The average molecular weight is 322 g/mol. The molecule has 0 amide bonds. The van der Waals surface area contributed by atoms with E-state index in [0.717, 1.165) is 22.9 Å². The standard InChI is InChI=1S/C14H16BrN3O/c1-8-3-6-10(11(15)7-8)12-17-13(19-18-12)14(2,16)9-4-5-9/h3,6-7,9H,4-5,16H2,1-2H3. The quantitative estimate of drug-likeness (QED) is 0.941. The Bertz CT molecular complexity index is 617. The molecular formula is C14H16BrN3O. The molecule has 5 heteroatoms. The molecule has 0 saturated heterocycles. The third-order valence-electron chi connectivity index (χ3n) is 3.68. The summed E-state index contributed by atoms with van der Waals surface area (Å²) in [5.41, 5.74) is 7.88. The van der Waals surface area contributed by atoms with E-state index in [1.807, 2.05) is 32.0 Å². The highest BCUT2D eigenvalue weighted by Crippen LogP contribution is 2.43. The summed E-state index contributed by atoms with van der Waals surface area (Å²) in [6, 6.07) is 6.05. The molecule has 0 spiro atoms. The lowest BCUT2D eigenvalue weighted by molar-refractivity contribution is 0.273. The maximum absolute atomic E-state index is 6.29. The molecule has 2 N–H and O–H groups in total. The monoisotopic (exact) mass is 321 g/mol.